The second-order valence-corrected chi connectivity index (χ2v) is 6.38. The minimum Gasteiger partial charge on any atom is -0.506 e. The summed E-state index contributed by atoms with van der Waals surface area (Å²) in [6.45, 7) is 7.83. The average molecular weight is 296 g/mol. The van der Waals surface area contributed by atoms with E-state index in [4.69, 9.17) is 11.6 Å². The van der Waals surface area contributed by atoms with Crippen LogP contribution in [0, 0.1) is 0 Å². The fourth-order valence-electron chi connectivity index (χ4n) is 3.23. The zero-order valence-electron chi connectivity index (χ0n) is 11.9. The molecule has 0 spiro atoms. The highest BCUT2D eigenvalue weighted by atomic mass is 35.5. The molecule has 110 valence electrons. The number of hydrogen-bond acceptors (Lipinski definition) is 4. The predicted molar refractivity (Wildman–Crippen MR) is 81.3 cm³/mol. The molecule has 20 heavy (non-hydrogen) atoms. The molecule has 1 atom stereocenters. The average Bonchev–Trinajstić information content (AvgIpc) is 2.42. The van der Waals surface area contributed by atoms with Gasteiger partial charge in [-0.05, 0) is 24.7 Å². The Labute approximate surface area is 125 Å². The number of phenolic OH excluding ortho intramolecular Hbond substituents is 1. The van der Waals surface area contributed by atoms with E-state index in [2.05, 4.69) is 21.7 Å². The van der Waals surface area contributed by atoms with E-state index in [0.29, 0.717) is 11.1 Å². The first-order valence-electron chi connectivity index (χ1n) is 7.24. The highest BCUT2D eigenvalue weighted by Crippen LogP contribution is 2.25. The topological polar surface area (TPSA) is 30.0 Å². The molecule has 1 aromatic rings. The van der Waals surface area contributed by atoms with Crippen molar-refractivity contribution in [2.24, 2.45) is 0 Å². The Morgan fingerprint density at radius 2 is 2.00 bits per heavy atom. The van der Waals surface area contributed by atoms with Gasteiger partial charge < -0.3 is 10.0 Å². The van der Waals surface area contributed by atoms with Gasteiger partial charge in [0.1, 0.15) is 5.75 Å². The van der Waals surface area contributed by atoms with Gasteiger partial charge in [-0.25, -0.2) is 0 Å². The van der Waals surface area contributed by atoms with Crippen LogP contribution >= 0.6 is 11.6 Å². The van der Waals surface area contributed by atoms with Gasteiger partial charge in [0.05, 0.1) is 5.02 Å². The maximum Gasteiger partial charge on any atom is 0.134 e. The number of halogens is 1. The first kappa shape index (κ1) is 14.1. The number of piperazine rings is 2. The minimum atomic E-state index is 0.161. The first-order valence-corrected chi connectivity index (χ1v) is 7.62. The predicted octanol–water partition coefficient (Wildman–Crippen LogP) is 1.48. The summed E-state index contributed by atoms with van der Waals surface area (Å²) in [5.41, 5.74) is 1.17. The number of nitrogens with zero attached hydrogens (tertiary/aromatic N) is 3. The number of phenols is 1. The summed E-state index contributed by atoms with van der Waals surface area (Å²) in [6.07, 6.45) is 0. The Bertz CT molecular complexity index is 482. The van der Waals surface area contributed by atoms with Gasteiger partial charge in [0.25, 0.3) is 0 Å². The molecule has 0 amide bonds. The van der Waals surface area contributed by atoms with Gasteiger partial charge in [-0.1, -0.05) is 17.7 Å². The molecule has 5 heteroatoms. The van der Waals surface area contributed by atoms with Gasteiger partial charge in [-0.15, -0.1) is 0 Å². The Morgan fingerprint density at radius 1 is 1.20 bits per heavy atom. The summed E-state index contributed by atoms with van der Waals surface area (Å²) in [4.78, 5) is 7.52. The summed E-state index contributed by atoms with van der Waals surface area (Å²) in [7, 11) is 2.20. The molecule has 0 aromatic heterocycles. The second kappa shape index (κ2) is 5.90. The molecule has 2 aliphatic heterocycles. The molecule has 0 bridgehead atoms. The fraction of sp³-hybridized carbons (Fsp3) is 0.600. The van der Waals surface area contributed by atoms with Crippen LogP contribution in [-0.4, -0.2) is 72.2 Å². The number of benzene rings is 1. The lowest BCUT2D eigenvalue weighted by Gasteiger charge is -2.46. The molecule has 2 aliphatic rings. The minimum absolute atomic E-state index is 0.161. The van der Waals surface area contributed by atoms with Crippen molar-refractivity contribution in [2.45, 2.75) is 12.6 Å². The van der Waals surface area contributed by atoms with Gasteiger partial charge >= 0.3 is 0 Å². The fourth-order valence-corrected chi connectivity index (χ4v) is 3.43. The van der Waals surface area contributed by atoms with E-state index in [-0.39, 0.29) is 5.75 Å². The van der Waals surface area contributed by atoms with E-state index < -0.39 is 0 Å². The van der Waals surface area contributed by atoms with Crippen LogP contribution in [0.2, 0.25) is 5.02 Å². The van der Waals surface area contributed by atoms with Gasteiger partial charge in [-0.2, -0.15) is 0 Å². The van der Waals surface area contributed by atoms with Crippen LogP contribution in [0.4, 0.5) is 0 Å². The summed E-state index contributed by atoms with van der Waals surface area (Å²) in [5.74, 6) is 0.161. The Hall–Kier alpha value is -0.810. The van der Waals surface area contributed by atoms with E-state index in [0.717, 1.165) is 32.7 Å². The lowest BCUT2D eigenvalue weighted by molar-refractivity contribution is 0.0175. The van der Waals surface area contributed by atoms with Crippen molar-refractivity contribution in [1.29, 1.82) is 0 Å². The van der Waals surface area contributed by atoms with E-state index in [1.54, 1.807) is 6.07 Å². The lowest BCUT2D eigenvalue weighted by atomic mass is 10.1. The Kier molecular flexibility index (Phi) is 4.17. The van der Waals surface area contributed by atoms with Gasteiger partial charge in [0.15, 0.2) is 0 Å². The van der Waals surface area contributed by atoms with Gasteiger partial charge in [-0.3, -0.25) is 9.80 Å². The normalized spacial score (nSPS) is 25.6. The van der Waals surface area contributed by atoms with Crippen molar-refractivity contribution in [3.63, 3.8) is 0 Å². The SMILES string of the molecule is CN1CCN2CCN(Cc3ccc(O)c(Cl)c3)C[C@H]2C1. The van der Waals surface area contributed by atoms with E-state index in [1.165, 1.54) is 18.7 Å². The number of likely N-dealkylation sites (N-methyl/N-ethyl adjacent to an activating group) is 1. The summed E-state index contributed by atoms with van der Waals surface area (Å²) >= 11 is 5.98. The van der Waals surface area contributed by atoms with Gasteiger partial charge in [0, 0.05) is 51.9 Å². The van der Waals surface area contributed by atoms with Crippen LogP contribution in [-0.2, 0) is 6.54 Å². The number of rotatable bonds is 2. The van der Waals surface area contributed by atoms with Crippen molar-refractivity contribution in [2.75, 3.05) is 46.3 Å². The molecule has 1 aromatic carbocycles. The van der Waals surface area contributed by atoms with Crippen molar-refractivity contribution < 1.29 is 5.11 Å². The second-order valence-electron chi connectivity index (χ2n) is 5.97. The molecule has 2 saturated heterocycles. The van der Waals surface area contributed by atoms with Crippen LogP contribution in [0.1, 0.15) is 5.56 Å². The van der Waals surface area contributed by atoms with E-state index in [1.807, 2.05) is 12.1 Å². The molecular formula is C15H22ClN3O. The molecule has 2 heterocycles. The summed E-state index contributed by atoms with van der Waals surface area (Å²) in [6, 6.07) is 6.16. The van der Waals surface area contributed by atoms with Crippen LogP contribution in [0.15, 0.2) is 18.2 Å². The number of aromatic hydroxyl groups is 1. The standard InChI is InChI=1S/C15H22ClN3O/c1-17-4-6-19-7-5-18(11-13(19)10-17)9-12-2-3-15(20)14(16)8-12/h2-3,8,13,20H,4-7,9-11H2,1H3/t13-/m1/s1. The van der Waals surface area contributed by atoms with Crippen LogP contribution in [0.25, 0.3) is 0 Å². The number of hydrogen-bond donors (Lipinski definition) is 1. The largest absolute Gasteiger partial charge is 0.506 e. The zero-order chi connectivity index (χ0) is 14.1. The third-order valence-electron chi connectivity index (χ3n) is 4.40. The molecular weight excluding hydrogens is 274 g/mol. The first-order chi connectivity index (χ1) is 9.61. The Balaban J connectivity index is 1.62. The van der Waals surface area contributed by atoms with E-state index >= 15 is 0 Å². The monoisotopic (exact) mass is 295 g/mol. The van der Waals surface area contributed by atoms with Crippen LogP contribution in [0.3, 0.4) is 0 Å². The molecule has 4 nitrogen and oxygen atoms in total. The maximum atomic E-state index is 9.48. The summed E-state index contributed by atoms with van der Waals surface area (Å²) in [5, 5.41) is 9.92. The third-order valence-corrected chi connectivity index (χ3v) is 4.70. The van der Waals surface area contributed by atoms with Crippen molar-refractivity contribution in [1.82, 2.24) is 14.7 Å². The molecule has 0 aliphatic carbocycles. The van der Waals surface area contributed by atoms with Crippen molar-refractivity contribution in [3.05, 3.63) is 28.8 Å². The smallest absolute Gasteiger partial charge is 0.134 e. The van der Waals surface area contributed by atoms with E-state index in [9.17, 15) is 5.11 Å². The van der Waals surface area contributed by atoms with Crippen molar-refractivity contribution >= 4 is 11.6 Å². The third kappa shape index (κ3) is 3.09. The lowest BCUT2D eigenvalue weighted by Crippen LogP contribution is -2.60. The van der Waals surface area contributed by atoms with Gasteiger partial charge in [0.2, 0.25) is 0 Å². The molecule has 1 N–H and O–H groups in total. The molecule has 0 radical (unpaired) electrons. The molecule has 0 saturated carbocycles. The Morgan fingerprint density at radius 3 is 2.80 bits per heavy atom. The number of fused-ring (bicyclic) bond motifs is 1. The molecule has 3 rings (SSSR count). The molecule has 0 unspecified atom stereocenters. The zero-order valence-corrected chi connectivity index (χ0v) is 12.7. The van der Waals surface area contributed by atoms with Crippen LogP contribution in [0.5, 0.6) is 5.75 Å². The maximum absolute atomic E-state index is 9.48. The van der Waals surface area contributed by atoms with Crippen molar-refractivity contribution in [3.8, 4) is 5.75 Å². The van der Waals surface area contributed by atoms with Crippen LogP contribution < -0.4 is 0 Å². The summed E-state index contributed by atoms with van der Waals surface area (Å²) < 4.78 is 0. The quantitative estimate of drug-likeness (QED) is 0.895. The molecule has 2 fully saturated rings. The highest BCUT2D eigenvalue weighted by Gasteiger charge is 2.30. The highest BCUT2D eigenvalue weighted by molar-refractivity contribution is 6.32.